The average molecular weight is 411 g/mol. The van der Waals surface area contributed by atoms with E-state index in [0.29, 0.717) is 33.0 Å². The summed E-state index contributed by atoms with van der Waals surface area (Å²) in [6, 6.07) is 11.3. The Balaban J connectivity index is 1.75. The summed E-state index contributed by atoms with van der Waals surface area (Å²) in [5.74, 6) is 0.936. The van der Waals surface area contributed by atoms with Crippen LogP contribution in [-0.4, -0.2) is 19.9 Å². The number of aromatic nitrogens is 4. The van der Waals surface area contributed by atoms with E-state index in [4.69, 9.17) is 23.2 Å². The summed E-state index contributed by atoms with van der Waals surface area (Å²) in [5, 5.41) is 7.83. The molecule has 0 bridgehead atoms. The van der Waals surface area contributed by atoms with Crippen LogP contribution in [0.3, 0.4) is 0 Å². The van der Waals surface area contributed by atoms with Crippen molar-refractivity contribution in [3.05, 3.63) is 70.0 Å². The van der Waals surface area contributed by atoms with Crippen LogP contribution < -0.4 is 10.6 Å². The minimum Gasteiger partial charge on any atom is -0.338 e. The van der Waals surface area contributed by atoms with E-state index in [9.17, 15) is 0 Å². The fourth-order valence-electron chi connectivity index (χ4n) is 2.70. The van der Waals surface area contributed by atoms with Gasteiger partial charge in [-0.1, -0.05) is 29.3 Å². The van der Waals surface area contributed by atoms with Crippen LogP contribution in [0.25, 0.3) is 11.2 Å². The molecular formula is C20H16Cl2N6. The molecule has 0 aliphatic rings. The monoisotopic (exact) mass is 410 g/mol. The number of nitrogens with zero attached hydrogens (tertiary/aromatic N) is 4. The SMILES string of the molecule is Cc1ccc(Nc2nc(Nc3ccc(Cl)cc3C)c3nccnc3n2)cc1Cl. The van der Waals surface area contributed by atoms with Gasteiger partial charge in [0.25, 0.3) is 0 Å². The highest BCUT2D eigenvalue weighted by atomic mass is 35.5. The van der Waals surface area contributed by atoms with Gasteiger partial charge in [-0.15, -0.1) is 0 Å². The third-order valence-corrected chi connectivity index (χ3v) is 4.84. The Labute approximate surface area is 172 Å². The van der Waals surface area contributed by atoms with Crippen LogP contribution in [0.1, 0.15) is 11.1 Å². The highest BCUT2D eigenvalue weighted by Gasteiger charge is 2.12. The molecule has 0 spiro atoms. The molecule has 0 saturated carbocycles. The Morgan fingerprint density at radius 3 is 2.43 bits per heavy atom. The summed E-state index contributed by atoms with van der Waals surface area (Å²) in [6.07, 6.45) is 3.21. The molecule has 4 aromatic rings. The van der Waals surface area contributed by atoms with Crippen LogP contribution >= 0.6 is 23.2 Å². The maximum atomic E-state index is 6.22. The highest BCUT2D eigenvalue weighted by Crippen LogP contribution is 2.28. The maximum absolute atomic E-state index is 6.22. The van der Waals surface area contributed by atoms with Crippen molar-refractivity contribution in [1.82, 2.24) is 19.9 Å². The zero-order valence-electron chi connectivity index (χ0n) is 15.2. The predicted molar refractivity (Wildman–Crippen MR) is 114 cm³/mol. The summed E-state index contributed by atoms with van der Waals surface area (Å²) in [4.78, 5) is 17.7. The molecular weight excluding hydrogens is 395 g/mol. The van der Waals surface area contributed by atoms with Crippen molar-refractivity contribution in [2.24, 2.45) is 0 Å². The van der Waals surface area contributed by atoms with Crippen molar-refractivity contribution >= 4 is 57.5 Å². The van der Waals surface area contributed by atoms with E-state index >= 15 is 0 Å². The average Bonchev–Trinajstić information content (AvgIpc) is 2.67. The number of nitrogens with one attached hydrogen (secondary N) is 2. The van der Waals surface area contributed by atoms with E-state index in [1.54, 1.807) is 12.4 Å². The lowest BCUT2D eigenvalue weighted by atomic mass is 10.2. The van der Waals surface area contributed by atoms with E-state index < -0.39 is 0 Å². The molecule has 0 radical (unpaired) electrons. The largest absolute Gasteiger partial charge is 0.338 e. The second-order valence-corrected chi connectivity index (χ2v) is 7.14. The van der Waals surface area contributed by atoms with Crippen LogP contribution in [0.2, 0.25) is 10.0 Å². The molecule has 2 heterocycles. The number of aryl methyl sites for hydroxylation is 2. The van der Waals surface area contributed by atoms with Gasteiger partial charge in [0.2, 0.25) is 5.95 Å². The second kappa shape index (κ2) is 7.58. The summed E-state index contributed by atoms with van der Waals surface area (Å²) in [6.45, 7) is 3.92. The summed E-state index contributed by atoms with van der Waals surface area (Å²) in [5.41, 5.74) is 4.70. The Hall–Kier alpha value is -2.96. The van der Waals surface area contributed by atoms with Gasteiger partial charge in [-0.25, -0.2) is 9.97 Å². The molecule has 28 heavy (non-hydrogen) atoms. The number of anilines is 4. The van der Waals surface area contributed by atoms with E-state index in [1.807, 2.05) is 50.2 Å². The molecule has 0 aliphatic heterocycles. The lowest BCUT2D eigenvalue weighted by Gasteiger charge is -2.13. The van der Waals surface area contributed by atoms with Crippen molar-refractivity contribution in [2.75, 3.05) is 10.6 Å². The second-order valence-electron chi connectivity index (χ2n) is 6.30. The van der Waals surface area contributed by atoms with Crippen LogP contribution in [0.4, 0.5) is 23.1 Å². The van der Waals surface area contributed by atoms with Crippen LogP contribution in [0.15, 0.2) is 48.8 Å². The van der Waals surface area contributed by atoms with Crippen molar-refractivity contribution in [2.45, 2.75) is 13.8 Å². The van der Waals surface area contributed by atoms with E-state index in [0.717, 1.165) is 22.5 Å². The Morgan fingerprint density at radius 1 is 0.821 bits per heavy atom. The smallest absolute Gasteiger partial charge is 0.231 e. The fourth-order valence-corrected chi connectivity index (χ4v) is 3.11. The van der Waals surface area contributed by atoms with E-state index in [-0.39, 0.29) is 0 Å². The molecule has 0 atom stereocenters. The molecule has 8 heteroatoms. The van der Waals surface area contributed by atoms with Gasteiger partial charge in [-0.2, -0.15) is 9.97 Å². The molecule has 0 unspecified atom stereocenters. The predicted octanol–water partition coefficient (Wildman–Crippen LogP) is 5.83. The van der Waals surface area contributed by atoms with Crippen LogP contribution in [-0.2, 0) is 0 Å². The first kappa shape index (κ1) is 18.4. The molecule has 2 aromatic heterocycles. The standard InChI is InChI=1S/C20H16Cl2N6/c1-11-3-5-14(10-15(11)22)25-20-27-18-17(23-7-8-24-18)19(28-20)26-16-6-4-13(21)9-12(16)2/h3-10H,1-2H3,(H2,24,25,26,27,28). The zero-order valence-corrected chi connectivity index (χ0v) is 16.7. The van der Waals surface area contributed by atoms with Gasteiger partial charge >= 0.3 is 0 Å². The first-order chi connectivity index (χ1) is 13.5. The van der Waals surface area contributed by atoms with Gasteiger partial charge < -0.3 is 10.6 Å². The van der Waals surface area contributed by atoms with Gasteiger partial charge in [0.15, 0.2) is 17.0 Å². The molecule has 4 rings (SSSR count). The first-order valence-electron chi connectivity index (χ1n) is 8.55. The number of rotatable bonds is 4. The van der Waals surface area contributed by atoms with Crippen molar-refractivity contribution in [1.29, 1.82) is 0 Å². The first-order valence-corrected chi connectivity index (χ1v) is 9.30. The van der Waals surface area contributed by atoms with Gasteiger partial charge in [0, 0.05) is 33.8 Å². The van der Waals surface area contributed by atoms with Crippen molar-refractivity contribution in [3.63, 3.8) is 0 Å². The third kappa shape index (κ3) is 3.83. The topological polar surface area (TPSA) is 75.6 Å². The molecule has 6 nitrogen and oxygen atoms in total. The molecule has 0 fully saturated rings. The quantitative estimate of drug-likeness (QED) is 0.440. The normalized spacial score (nSPS) is 10.9. The van der Waals surface area contributed by atoms with Gasteiger partial charge in [0.05, 0.1) is 0 Å². The number of halogens is 2. The zero-order chi connectivity index (χ0) is 19.7. The van der Waals surface area contributed by atoms with Crippen molar-refractivity contribution in [3.8, 4) is 0 Å². The number of hydrogen-bond acceptors (Lipinski definition) is 6. The minimum absolute atomic E-state index is 0.391. The number of hydrogen-bond donors (Lipinski definition) is 2. The Morgan fingerprint density at radius 2 is 1.64 bits per heavy atom. The van der Waals surface area contributed by atoms with Gasteiger partial charge in [0.1, 0.15) is 0 Å². The summed E-state index contributed by atoms with van der Waals surface area (Å²) < 4.78 is 0. The Bertz CT molecular complexity index is 1180. The minimum atomic E-state index is 0.391. The van der Waals surface area contributed by atoms with Crippen LogP contribution in [0, 0.1) is 13.8 Å². The van der Waals surface area contributed by atoms with E-state index in [2.05, 4.69) is 30.6 Å². The van der Waals surface area contributed by atoms with Crippen LogP contribution in [0.5, 0.6) is 0 Å². The lowest BCUT2D eigenvalue weighted by molar-refractivity contribution is 1.14. The molecule has 140 valence electrons. The molecule has 2 aromatic carbocycles. The number of fused-ring (bicyclic) bond motifs is 1. The van der Waals surface area contributed by atoms with Gasteiger partial charge in [-0.05, 0) is 55.3 Å². The summed E-state index contributed by atoms with van der Waals surface area (Å²) in [7, 11) is 0. The summed E-state index contributed by atoms with van der Waals surface area (Å²) >= 11 is 12.3. The fraction of sp³-hybridized carbons (Fsp3) is 0.100. The highest BCUT2D eigenvalue weighted by molar-refractivity contribution is 6.31. The molecule has 0 amide bonds. The number of benzene rings is 2. The van der Waals surface area contributed by atoms with Gasteiger partial charge in [-0.3, -0.25) is 0 Å². The van der Waals surface area contributed by atoms with Crippen molar-refractivity contribution < 1.29 is 0 Å². The third-order valence-electron chi connectivity index (χ3n) is 4.20. The molecule has 2 N–H and O–H groups in total. The molecule has 0 saturated heterocycles. The lowest BCUT2D eigenvalue weighted by Crippen LogP contribution is -2.04. The Kier molecular flexibility index (Phi) is 4.98. The maximum Gasteiger partial charge on any atom is 0.231 e. The molecule has 0 aliphatic carbocycles. The van der Waals surface area contributed by atoms with E-state index in [1.165, 1.54) is 0 Å².